The zero-order chi connectivity index (χ0) is 13.1. The molecule has 98 valence electrons. The number of para-hydroxylation sites is 2. The maximum Gasteiger partial charge on any atom is 0.161 e. The molecule has 4 nitrogen and oxygen atoms in total. The molecule has 0 aromatic heterocycles. The lowest BCUT2D eigenvalue weighted by molar-refractivity contribution is 0.171. The molecule has 3 N–H and O–H groups in total. The molecule has 2 aromatic rings. The Labute approximate surface area is 112 Å². The van der Waals surface area contributed by atoms with Crippen molar-refractivity contribution >= 4 is 11.4 Å². The number of ether oxygens (including phenoxy) is 2. The molecule has 0 spiro atoms. The first kappa shape index (κ1) is 11.7. The number of benzene rings is 2. The zero-order valence-electron chi connectivity index (χ0n) is 10.6. The fourth-order valence-electron chi connectivity index (χ4n) is 2.05. The van der Waals surface area contributed by atoms with Crippen LogP contribution in [-0.2, 0) is 6.54 Å². The molecule has 0 unspecified atom stereocenters. The van der Waals surface area contributed by atoms with E-state index in [-0.39, 0.29) is 0 Å². The predicted molar refractivity (Wildman–Crippen MR) is 75.6 cm³/mol. The van der Waals surface area contributed by atoms with Gasteiger partial charge in [-0.2, -0.15) is 0 Å². The fraction of sp³-hybridized carbons (Fsp3) is 0.200. The van der Waals surface area contributed by atoms with E-state index in [9.17, 15) is 0 Å². The van der Waals surface area contributed by atoms with Crippen molar-refractivity contribution < 1.29 is 9.47 Å². The van der Waals surface area contributed by atoms with Crippen LogP contribution in [0.4, 0.5) is 11.4 Å². The SMILES string of the molecule is Nc1ccccc1NCc1ccc2c(c1)OCCO2. The van der Waals surface area contributed by atoms with Crippen LogP contribution >= 0.6 is 0 Å². The van der Waals surface area contributed by atoms with Gasteiger partial charge >= 0.3 is 0 Å². The predicted octanol–water partition coefficient (Wildman–Crippen LogP) is 2.65. The molecule has 0 atom stereocenters. The Bertz CT molecular complexity index is 584. The Morgan fingerprint density at radius 3 is 2.63 bits per heavy atom. The smallest absolute Gasteiger partial charge is 0.161 e. The van der Waals surface area contributed by atoms with E-state index in [1.807, 2.05) is 42.5 Å². The van der Waals surface area contributed by atoms with Crippen molar-refractivity contribution in [2.24, 2.45) is 0 Å². The summed E-state index contributed by atoms with van der Waals surface area (Å²) in [6.07, 6.45) is 0. The number of hydrogen-bond donors (Lipinski definition) is 2. The van der Waals surface area contributed by atoms with Crippen LogP contribution in [0.5, 0.6) is 11.5 Å². The Hall–Kier alpha value is -2.36. The second kappa shape index (κ2) is 5.10. The van der Waals surface area contributed by atoms with Crippen LogP contribution in [-0.4, -0.2) is 13.2 Å². The molecule has 0 fully saturated rings. The van der Waals surface area contributed by atoms with E-state index in [0.717, 1.165) is 28.4 Å². The molecule has 0 bridgehead atoms. The standard InChI is InChI=1S/C15H16N2O2/c16-12-3-1-2-4-13(12)17-10-11-5-6-14-15(9-11)19-8-7-18-14/h1-6,9,17H,7-8,10,16H2. The van der Waals surface area contributed by atoms with Crippen molar-refractivity contribution in [3.63, 3.8) is 0 Å². The number of hydrogen-bond acceptors (Lipinski definition) is 4. The van der Waals surface area contributed by atoms with Crippen LogP contribution in [0.2, 0.25) is 0 Å². The van der Waals surface area contributed by atoms with Crippen molar-refractivity contribution in [1.29, 1.82) is 0 Å². The number of fused-ring (bicyclic) bond motifs is 1. The van der Waals surface area contributed by atoms with Crippen LogP contribution < -0.4 is 20.5 Å². The molecule has 1 aliphatic rings. The quantitative estimate of drug-likeness (QED) is 0.829. The van der Waals surface area contributed by atoms with E-state index in [1.54, 1.807) is 0 Å². The Balaban J connectivity index is 1.72. The third-order valence-electron chi connectivity index (χ3n) is 3.05. The van der Waals surface area contributed by atoms with Gasteiger partial charge in [0.1, 0.15) is 13.2 Å². The largest absolute Gasteiger partial charge is 0.486 e. The third kappa shape index (κ3) is 2.57. The molecule has 0 saturated carbocycles. The molecule has 2 aromatic carbocycles. The van der Waals surface area contributed by atoms with Crippen molar-refractivity contribution in [1.82, 2.24) is 0 Å². The van der Waals surface area contributed by atoms with Crippen LogP contribution in [0.25, 0.3) is 0 Å². The van der Waals surface area contributed by atoms with Gasteiger partial charge in [-0.25, -0.2) is 0 Å². The van der Waals surface area contributed by atoms with Gasteiger partial charge in [-0.15, -0.1) is 0 Å². The first-order valence-corrected chi connectivity index (χ1v) is 6.30. The second-order valence-electron chi connectivity index (χ2n) is 4.42. The lowest BCUT2D eigenvalue weighted by Crippen LogP contribution is -2.15. The molecule has 19 heavy (non-hydrogen) atoms. The van der Waals surface area contributed by atoms with Crippen LogP contribution in [0.1, 0.15) is 5.56 Å². The van der Waals surface area contributed by atoms with Gasteiger partial charge in [0.2, 0.25) is 0 Å². The summed E-state index contributed by atoms with van der Waals surface area (Å²) in [5, 5.41) is 3.31. The average molecular weight is 256 g/mol. The first-order chi connectivity index (χ1) is 9.33. The summed E-state index contributed by atoms with van der Waals surface area (Å²) in [4.78, 5) is 0. The lowest BCUT2D eigenvalue weighted by atomic mass is 10.2. The van der Waals surface area contributed by atoms with E-state index in [2.05, 4.69) is 5.32 Å². The average Bonchev–Trinajstić information content (AvgIpc) is 2.46. The molecule has 1 heterocycles. The van der Waals surface area contributed by atoms with Gasteiger partial charge in [-0.05, 0) is 29.8 Å². The molecule has 0 amide bonds. The minimum absolute atomic E-state index is 0.607. The van der Waals surface area contributed by atoms with Crippen LogP contribution in [0, 0.1) is 0 Å². The number of nitrogens with two attached hydrogens (primary N) is 1. The number of rotatable bonds is 3. The molecule has 1 aliphatic heterocycles. The summed E-state index contributed by atoms with van der Waals surface area (Å²) in [6.45, 7) is 1.92. The van der Waals surface area contributed by atoms with Gasteiger partial charge in [0.25, 0.3) is 0 Å². The molecule has 4 heteroatoms. The van der Waals surface area contributed by atoms with Gasteiger partial charge < -0.3 is 20.5 Å². The van der Waals surface area contributed by atoms with Crippen molar-refractivity contribution in [2.45, 2.75) is 6.54 Å². The molecule has 0 aliphatic carbocycles. The Morgan fingerprint density at radius 2 is 1.79 bits per heavy atom. The summed E-state index contributed by atoms with van der Waals surface area (Å²) < 4.78 is 11.1. The summed E-state index contributed by atoms with van der Waals surface area (Å²) in [5.41, 5.74) is 8.71. The highest BCUT2D eigenvalue weighted by Gasteiger charge is 2.11. The van der Waals surface area contributed by atoms with Gasteiger partial charge in [0.05, 0.1) is 11.4 Å². The van der Waals surface area contributed by atoms with Gasteiger partial charge in [-0.1, -0.05) is 18.2 Å². The van der Waals surface area contributed by atoms with Gasteiger partial charge in [-0.3, -0.25) is 0 Å². The van der Waals surface area contributed by atoms with E-state index in [4.69, 9.17) is 15.2 Å². The monoisotopic (exact) mass is 256 g/mol. The first-order valence-electron chi connectivity index (χ1n) is 6.30. The lowest BCUT2D eigenvalue weighted by Gasteiger charge is -2.19. The van der Waals surface area contributed by atoms with E-state index in [1.165, 1.54) is 0 Å². The minimum atomic E-state index is 0.607. The topological polar surface area (TPSA) is 56.5 Å². The number of anilines is 2. The summed E-state index contributed by atoms with van der Waals surface area (Å²) >= 11 is 0. The Kier molecular flexibility index (Phi) is 3.14. The highest BCUT2D eigenvalue weighted by Crippen LogP contribution is 2.31. The number of nitrogen functional groups attached to an aromatic ring is 1. The molecular formula is C15H16N2O2. The van der Waals surface area contributed by atoms with Crippen LogP contribution in [0.15, 0.2) is 42.5 Å². The van der Waals surface area contributed by atoms with Crippen LogP contribution in [0.3, 0.4) is 0 Å². The molecular weight excluding hydrogens is 240 g/mol. The summed E-state index contributed by atoms with van der Waals surface area (Å²) in [5.74, 6) is 1.63. The third-order valence-corrected chi connectivity index (χ3v) is 3.05. The highest BCUT2D eigenvalue weighted by molar-refractivity contribution is 5.65. The fourth-order valence-corrected chi connectivity index (χ4v) is 2.05. The van der Waals surface area contributed by atoms with E-state index < -0.39 is 0 Å². The molecule has 0 radical (unpaired) electrons. The van der Waals surface area contributed by atoms with E-state index >= 15 is 0 Å². The van der Waals surface area contributed by atoms with Gasteiger partial charge in [0.15, 0.2) is 11.5 Å². The van der Waals surface area contributed by atoms with E-state index in [0.29, 0.717) is 19.8 Å². The van der Waals surface area contributed by atoms with Crippen molar-refractivity contribution in [2.75, 3.05) is 24.3 Å². The number of nitrogens with one attached hydrogen (secondary N) is 1. The summed E-state index contributed by atoms with van der Waals surface area (Å²) in [6, 6.07) is 13.7. The zero-order valence-corrected chi connectivity index (χ0v) is 10.6. The Morgan fingerprint density at radius 1 is 1.00 bits per heavy atom. The van der Waals surface area contributed by atoms with Crippen molar-refractivity contribution in [3.8, 4) is 11.5 Å². The molecule has 3 rings (SSSR count). The highest BCUT2D eigenvalue weighted by atomic mass is 16.6. The maximum atomic E-state index is 5.89. The van der Waals surface area contributed by atoms with Gasteiger partial charge in [0, 0.05) is 6.54 Å². The second-order valence-corrected chi connectivity index (χ2v) is 4.42. The summed E-state index contributed by atoms with van der Waals surface area (Å²) in [7, 11) is 0. The molecule has 0 saturated heterocycles. The van der Waals surface area contributed by atoms with Crippen molar-refractivity contribution in [3.05, 3.63) is 48.0 Å². The normalized spacial score (nSPS) is 13.1. The minimum Gasteiger partial charge on any atom is -0.486 e. The maximum absolute atomic E-state index is 5.89.